The number of rotatable bonds is 7. The summed E-state index contributed by atoms with van der Waals surface area (Å²) >= 11 is 0. The molecule has 0 spiro atoms. The van der Waals surface area contributed by atoms with Crippen molar-refractivity contribution in [3.63, 3.8) is 0 Å². The molecule has 2 rings (SSSR count). The molecule has 112 valence electrons. The molecule has 0 aromatic carbocycles. The average molecular weight is 277 g/mol. The van der Waals surface area contributed by atoms with E-state index in [0.29, 0.717) is 6.10 Å². The third-order valence-corrected chi connectivity index (χ3v) is 3.67. The average Bonchev–Trinajstić information content (AvgIpc) is 2.51. The van der Waals surface area contributed by atoms with Gasteiger partial charge in [0, 0.05) is 38.0 Å². The minimum absolute atomic E-state index is 0.359. The Morgan fingerprint density at radius 3 is 3.15 bits per heavy atom. The zero-order chi connectivity index (χ0) is 14.2. The molecular formula is C16H27N3O. The van der Waals surface area contributed by atoms with Crippen molar-refractivity contribution in [3.05, 3.63) is 23.9 Å². The van der Waals surface area contributed by atoms with Crippen molar-refractivity contribution in [2.24, 2.45) is 0 Å². The molecule has 0 radical (unpaired) electrons. The largest absolute Gasteiger partial charge is 0.376 e. The highest BCUT2D eigenvalue weighted by Gasteiger charge is 2.22. The molecular weight excluding hydrogens is 250 g/mol. The van der Waals surface area contributed by atoms with Crippen molar-refractivity contribution in [2.75, 3.05) is 31.1 Å². The zero-order valence-corrected chi connectivity index (χ0v) is 12.8. The zero-order valence-electron chi connectivity index (χ0n) is 12.8. The van der Waals surface area contributed by atoms with Crippen LogP contribution in [-0.2, 0) is 11.3 Å². The molecule has 1 aromatic heterocycles. The molecule has 1 fully saturated rings. The van der Waals surface area contributed by atoms with Gasteiger partial charge in [-0.15, -0.1) is 0 Å². The monoisotopic (exact) mass is 277 g/mol. The third-order valence-electron chi connectivity index (χ3n) is 3.67. The van der Waals surface area contributed by atoms with Crippen LogP contribution in [-0.4, -0.2) is 37.3 Å². The standard InChI is InChI=1S/C16H27N3O/c1-3-11-20-15-8-6-10-19(13-15)16-14(12-17-4-2)7-5-9-18-16/h5,7,9,15,17H,3-4,6,8,10-13H2,1-2H3. The van der Waals surface area contributed by atoms with Gasteiger partial charge in [0.15, 0.2) is 0 Å². The Balaban J connectivity index is 2.02. The van der Waals surface area contributed by atoms with E-state index >= 15 is 0 Å². The first-order valence-corrected chi connectivity index (χ1v) is 7.86. The minimum Gasteiger partial charge on any atom is -0.376 e. The second-order valence-electron chi connectivity index (χ2n) is 5.35. The molecule has 1 N–H and O–H groups in total. The van der Waals surface area contributed by atoms with Crippen molar-refractivity contribution >= 4 is 5.82 Å². The highest BCUT2D eigenvalue weighted by atomic mass is 16.5. The lowest BCUT2D eigenvalue weighted by molar-refractivity contribution is 0.0439. The Morgan fingerprint density at radius 2 is 2.35 bits per heavy atom. The summed E-state index contributed by atoms with van der Waals surface area (Å²) in [5.74, 6) is 1.12. The second kappa shape index (κ2) is 8.22. The van der Waals surface area contributed by atoms with Gasteiger partial charge in [-0.3, -0.25) is 0 Å². The van der Waals surface area contributed by atoms with Crippen LogP contribution in [0.4, 0.5) is 5.82 Å². The molecule has 4 heteroatoms. The fraction of sp³-hybridized carbons (Fsp3) is 0.688. The van der Waals surface area contributed by atoms with Crippen LogP contribution in [0.2, 0.25) is 0 Å². The number of nitrogens with zero attached hydrogens (tertiary/aromatic N) is 2. The van der Waals surface area contributed by atoms with Crippen molar-refractivity contribution < 1.29 is 4.74 Å². The van der Waals surface area contributed by atoms with Gasteiger partial charge < -0.3 is 15.0 Å². The van der Waals surface area contributed by atoms with Gasteiger partial charge in [0.2, 0.25) is 0 Å². The van der Waals surface area contributed by atoms with E-state index in [1.807, 2.05) is 12.3 Å². The van der Waals surface area contributed by atoms with E-state index in [4.69, 9.17) is 4.74 Å². The summed E-state index contributed by atoms with van der Waals surface area (Å²) in [5, 5.41) is 3.39. The number of nitrogens with one attached hydrogen (secondary N) is 1. The van der Waals surface area contributed by atoms with Gasteiger partial charge in [0.1, 0.15) is 5.82 Å². The third kappa shape index (κ3) is 4.18. The van der Waals surface area contributed by atoms with E-state index in [2.05, 4.69) is 35.1 Å². The lowest BCUT2D eigenvalue weighted by atomic mass is 10.1. The number of pyridine rings is 1. The summed E-state index contributed by atoms with van der Waals surface area (Å²) in [6, 6.07) is 4.19. The maximum absolute atomic E-state index is 5.92. The Kier molecular flexibility index (Phi) is 6.27. The van der Waals surface area contributed by atoms with Crippen molar-refractivity contribution in [2.45, 2.75) is 45.8 Å². The molecule has 1 atom stereocenters. The quantitative estimate of drug-likeness (QED) is 0.831. The molecule has 1 aliphatic rings. The van der Waals surface area contributed by atoms with Gasteiger partial charge in [0.05, 0.1) is 6.10 Å². The fourth-order valence-electron chi connectivity index (χ4n) is 2.66. The molecule has 1 aromatic rings. The van der Waals surface area contributed by atoms with Crippen LogP contribution in [0.25, 0.3) is 0 Å². The summed E-state index contributed by atoms with van der Waals surface area (Å²) < 4.78 is 5.92. The van der Waals surface area contributed by atoms with Gasteiger partial charge in [-0.05, 0) is 31.9 Å². The molecule has 0 amide bonds. The van der Waals surface area contributed by atoms with Gasteiger partial charge in [-0.2, -0.15) is 0 Å². The number of ether oxygens (including phenoxy) is 1. The van der Waals surface area contributed by atoms with E-state index in [-0.39, 0.29) is 0 Å². The first kappa shape index (κ1) is 15.3. The number of hydrogen-bond acceptors (Lipinski definition) is 4. The molecule has 0 aliphatic carbocycles. The first-order chi connectivity index (χ1) is 9.85. The second-order valence-corrected chi connectivity index (χ2v) is 5.35. The lowest BCUT2D eigenvalue weighted by Gasteiger charge is -2.34. The maximum Gasteiger partial charge on any atom is 0.133 e. The minimum atomic E-state index is 0.359. The van der Waals surface area contributed by atoms with Crippen LogP contribution >= 0.6 is 0 Å². The summed E-state index contributed by atoms with van der Waals surface area (Å²) in [6.07, 6.45) is 5.70. The highest BCUT2D eigenvalue weighted by Crippen LogP contribution is 2.23. The Hall–Kier alpha value is -1.13. The van der Waals surface area contributed by atoms with Crippen molar-refractivity contribution in [1.82, 2.24) is 10.3 Å². The Morgan fingerprint density at radius 1 is 1.45 bits per heavy atom. The number of aromatic nitrogens is 1. The number of piperidine rings is 1. The topological polar surface area (TPSA) is 37.4 Å². The summed E-state index contributed by atoms with van der Waals surface area (Å²) in [4.78, 5) is 6.99. The molecule has 1 saturated heterocycles. The van der Waals surface area contributed by atoms with Crippen LogP contribution in [0.3, 0.4) is 0 Å². The van der Waals surface area contributed by atoms with E-state index in [1.54, 1.807) is 0 Å². The van der Waals surface area contributed by atoms with Crippen LogP contribution in [0.1, 0.15) is 38.7 Å². The van der Waals surface area contributed by atoms with Crippen LogP contribution < -0.4 is 10.2 Å². The SMILES string of the molecule is CCCOC1CCCN(c2ncccc2CNCC)C1. The molecule has 1 unspecified atom stereocenters. The maximum atomic E-state index is 5.92. The normalized spacial score (nSPS) is 19.3. The number of hydrogen-bond donors (Lipinski definition) is 1. The molecule has 1 aliphatic heterocycles. The summed E-state index contributed by atoms with van der Waals surface area (Å²) in [7, 11) is 0. The smallest absolute Gasteiger partial charge is 0.133 e. The van der Waals surface area contributed by atoms with Crippen LogP contribution in [0.15, 0.2) is 18.3 Å². The number of anilines is 1. The Bertz CT molecular complexity index is 397. The summed E-state index contributed by atoms with van der Waals surface area (Å²) in [5.41, 5.74) is 1.28. The molecule has 20 heavy (non-hydrogen) atoms. The molecule has 4 nitrogen and oxygen atoms in total. The lowest BCUT2D eigenvalue weighted by Crippen LogP contribution is -2.41. The fourth-order valence-corrected chi connectivity index (χ4v) is 2.66. The van der Waals surface area contributed by atoms with Crippen LogP contribution in [0, 0.1) is 0 Å². The molecule has 0 bridgehead atoms. The summed E-state index contributed by atoms with van der Waals surface area (Å²) in [6.45, 7) is 9.08. The predicted molar refractivity (Wildman–Crippen MR) is 83.1 cm³/mol. The van der Waals surface area contributed by atoms with Gasteiger partial charge in [0.25, 0.3) is 0 Å². The van der Waals surface area contributed by atoms with Gasteiger partial charge in [-0.25, -0.2) is 4.98 Å². The van der Waals surface area contributed by atoms with Crippen molar-refractivity contribution in [3.8, 4) is 0 Å². The van der Waals surface area contributed by atoms with E-state index in [1.165, 1.54) is 18.4 Å². The van der Waals surface area contributed by atoms with Crippen molar-refractivity contribution in [1.29, 1.82) is 0 Å². The van der Waals surface area contributed by atoms with E-state index in [0.717, 1.165) is 45.0 Å². The highest BCUT2D eigenvalue weighted by molar-refractivity contribution is 5.47. The predicted octanol–water partition coefficient (Wildman–Crippen LogP) is 2.59. The van der Waals surface area contributed by atoms with E-state index < -0.39 is 0 Å². The van der Waals surface area contributed by atoms with E-state index in [9.17, 15) is 0 Å². The molecule has 0 saturated carbocycles. The molecule has 2 heterocycles. The Labute approximate surface area is 122 Å². The van der Waals surface area contributed by atoms with Gasteiger partial charge in [-0.1, -0.05) is 19.9 Å². The van der Waals surface area contributed by atoms with Gasteiger partial charge >= 0.3 is 0 Å². The first-order valence-electron chi connectivity index (χ1n) is 7.86. The van der Waals surface area contributed by atoms with Crippen LogP contribution in [0.5, 0.6) is 0 Å².